The van der Waals surface area contributed by atoms with Gasteiger partial charge >= 0.3 is 0 Å². The molecule has 0 saturated carbocycles. The van der Waals surface area contributed by atoms with Crippen molar-refractivity contribution in [2.24, 2.45) is 0 Å². The zero-order chi connectivity index (χ0) is 26.5. The second-order valence-electron chi connectivity index (χ2n) is 7.55. The predicted octanol–water partition coefficient (Wildman–Crippen LogP) is 5.81. The zero-order valence-corrected chi connectivity index (χ0v) is 19.8. The van der Waals surface area contributed by atoms with E-state index >= 15 is 0 Å². The quantitative estimate of drug-likeness (QED) is 0.391. The van der Waals surface area contributed by atoms with Gasteiger partial charge in [-0.25, -0.2) is 0 Å². The summed E-state index contributed by atoms with van der Waals surface area (Å²) in [4.78, 5) is 0. The SMILES string of the molecule is Cl.[2H]c1c([2H])c([2H])c(C(C)(CCc2ccc(OC)cc2)NCCc2ccc(OC)c(OC)c2)c([2H])c1[2H]. The zero-order valence-electron chi connectivity index (χ0n) is 24.0. The van der Waals surface area contributed by atoms with Gasteiger partial charge in [0.1, 0.15) is 5.75 Å². The minimum Gasteiger partial charge on any atom is -0.497 e. The van der Waals surface area contributed by atoms with E-state index in [0.29, 0.717) is 37.3 Å². The van der Waals surface area contributed by atoms with Crippen molar-refractivity contribution < 1.29 is 21.1 Å². The first-order valence-corrected chi connectivity index (χ1v) is 10.3. The number of halogens is 1. The number of ether oxygens (including phenoxy) is 3. The Bertz CT molecular complexity index is 1180. The van der Waals surface area contributed by atoms with Gasteiger partial charge in [0, 0.05) is 5.54 Å². The number of hydrogen-bond acceptors (Lipinski definition) is 4. The molecule has 0 aliphatic rings. The van der Waals surface area contributed by atoms with Crippen molar-refractivity contribution in [2.45, 2.75) is 31.7 Å². The van der Waals surface area contributed by atoms with Crippen LogP contribution in [-0.4, -0.2) is 27.9 Å². The van der Waals surface area contributed by atoms with Crippen molar-refractivity contribution in [2.75, 3.05) is 27.9 Å². The minimum absolute atomic E-state index is 0. The van der Waals surface area contributed by atoms with E-state index in [1.54, 1.807) is 21.3 Å². The molecule has 0 amide bonds. The first-order valence-electron chi connectivity index (χ1n) is 12.8. The topological polar surface area (TPSA) is 39.7 Å². The fourth-order valence-corrected chi connectivity index (χ4v) is 3.53. The van der Waals surface area contributed by atoms with Crippen LogP contribution in [0.5, 0.6) is 17.2 Å². The second-order valence-corrected chi connectivity index (χ2v) is 7.55. The van der Waals surface area contributed by atoms with Crippen LogP contribution in [0.25, 0.3) is 0 Å². The van der Waals surface area contributed by atoms with Crippen molar-refractivity contribution in [3.63, 3.8) is 0 Å². The predicted molar refractivity (Wildman–Crippen MR) is 134 cm³/mol. The lowest BCUT2D eigenvalue weighted by atomic mass is 9.85. The average molecular weight is 461 g/mol. The lowest BCUT2D eigenvalue weighted by Crippen LogP contribution is -2.41. The standard InChI is InChI=1S/C27H33NO3.ClH/c1-27(23-8-6-5-7-9-23,18-16-21-10-13-24(29-2)14-11-21)28-19-17-22-12-15-25(30-3)26(20-22)31-4;/h5-15,20,28H,16-19H2,1-4H3;1H/i5D,6D,7D,8D,9D;. The molecule has 0 aromatic heterocycles. The summed E-state index contributed by atoms with van der Waals surface area (Å²) in [6.07, 6.45) is 1.82. The highest BCUT2D eigenvalue weighted by Crippen LogP contribution is 2.29. The van der Waals surface area contributed by atoms with Crippen LogP contribution >= 0.6 is 12.4 Å². The van der Waals surface area contributed by atoms with E-state index in [-0.39, 0.29) is 42.1 Å². The van der Waals surface area contributed by atoms with E-state index in [9.17, 15) is 0 Å². The van der Waals surface area contributed by atoms with Crippen molar-refractivity contribution in [1.82, 2.24) is 5.32 Å². The van der Waals surface area contributed by atoms with Crippen molar-refractivity contribution in [3.05, 3.63) is 89.4 Å². The van der Waals surface area contributed by atoms with Gasteiger partial charge in [0.2, 0.25) is 0 Å². The smallest absolute Gasteiger partial charge is 0.160 e. The Morgan fingerprint density at radius 2 is 1.47 bits per heavy atom. The van der Waals surface area contributed by atoms with Gasteiger partial charge in [-0.1, -0.05) is 48.4 Å². The number of rotatable bonds is 11. The van der Waals surface area contributed by atoms with Gasteiger partial charge in [0.05, 0.1) is 28.2 Å². The maximum atomic E-state index is 8.57. The minimum atomic E-state index is -0.871. The molecular weight excluding hydrogens is 422 g/mol. The summed E-state index contributed by atoms with van der Waals surface area (Å²) in [7, 11) is 4.80. The Morgan fingerprint density at radius 3 is 2.09 bits per heavy atom. The van der Waals surface area contributed by atoms with Crippen molar-refractivity contribution in [3.8, 4) is 17.2 Å². The average Bonchev–Trinajstić information content (AvgIpc) is 2.90. The summed E-state index contributed by atoms with van der Waals surface area (Å²) in [5.41, 5.74) is 1.49. The highest BCUT2D eigenvalue weighted by molar-refractivity contribution is 5.85. The monoisotopic (exact) mass is 460 g/mol. The van der Waals surface area contributed by atoms with Gasteiger partial charge in [-0.2, -0.15) is 0 Å². The summed E-state index contributed by atoms with van der Waals surface area (Å²) in [5.74, 6) is 2.06. The van der Waals surface area contributed by atoms with Crippen molar-refractivity contribution in [1.29, 1.82) is 0 Å². The highest BCUT2D eigenvalue weighted by atomic mass is 35.5. The molecule has 32 heavy (non-hydrogen) atoms. The maximum absolute atomic E-state index is 8.57. The van der Waals surface area contributed by atoms with Crippen LogP contribution in [0.3, 0.4) is 0 Å². The molecule has 1 atom stereocenters. The number of nitrogens with one attached hydrogen (secondary N) is 1. The van der Waals surface area contributed by atoms with Crippen LogP contribution in [-0.2, 0) is 18.4 Å². The van der Waals surface area contributed by atoms with E-state index in [2.05, 4.69) is 5.32 Å². The lowest BCUT2D eigenvalue weighted by Gasteiger charge is -2.32. The van der Waals surface area contributed by atoms with Crippen molar-refractivity contribution >= 4 is 12.4 Å². The Kier molecular flexibility index (Phi) is 7.28. The molecule has 0 aliphatic heterocycles. The third-order valence-electron chi connectivity index (χ3n) is 5.50. The molecule has 1 N–H and O–H groups in total. The number of hydrogen-bond donors (Lipinski definition) is 1. The van der Waals surface area contributed by atoms with E-state index in [1.807, 2.05) is 49.4 Å². The Labute approximate surface area is 205 Å². The molecule has 0 fully saturated rings. The normalized spacial score (nSPS) is 14.6. The van der Waals surface area contributed by atoms with E-state index in [1.165, 1.54) is 0 Å². The van der Waals surface area contributed by atoms with E-state index < -0.39 is 11.6 Å². The van der Waals surface area contributed by atoms with Crippen LogP contribution in [0.1, 0.15) is 36.9 Å². The van der Waals surface area contributed by atoms with E-state index in [0.717, 1.165) is 16.9 Å². The molecule has 0 heterocycles. The second kappa shape index (κ2) is 12.4. The Balaban J connectivity index is 0.00000481. The van der Waals surface area contributed by atoms with Gasteiger partial charge in [-0.05, 0) is 73.7 Å². The molecule has 5 heteroatoms. The third kappa shape index (κ3) is 6.65. The molecule has 0 spiro atoms. The van der Waals surface area contributed by atoms with Crippen LogP contribution < -0.4 is 19.5 Å². The summed E-state index contributed by atoms with van der Waals surface area (Å²) >= 11 is 0. The molecule has 172 valence electrons. The fourth-order valence-electron chi connectivity index (χ4n) is 3.53. The summed E-state index contributed by atoms with van der Waals surface area (Å²) in [5, 5.41) is 3.51. The molecule has 4 nitrogen and oxygen atoms in total. The Morgan fingerprint density at radius 1 is 0.812 bits per heavy atom. The Hall–Kier alpha value is -2.69. The fraction of sp³-hybridized carbons (Fsp3) is 0.333. The lowest BCUT2D eigenvalue weighted by molar-refractivity contribution is 0.341. The maximum Gasteiger partial charge on any atom is 0.160 e. The molecule has 3 rings (SSSR count). The number of methoxy groups -OCH3 is 3. The first-order chi connectivity index (χ1) is 17.1. The summed E-state index contributed by atoms with van der Waals surface area (Å²) in [6, 6.07) is 12.0. The summed E-state index contributed by atoms with van der Waals surface area (Å²) < 4.78 is 57.4. The molecule has 1 unspecified atom stereocenters. The van der Waals surface area contributed by atoms with Gasteiger partial charge in [-0.15, -0.1) is 12.4 Å². The van der Waals surface area contributed by atoms with Gasteiger partial charge < -0.3 is 19.5 Å². The number of aryl methyl sites for hydroxylation is 1. The molecule has 3 aromatic carbocycles. The number of benzene rings is 3. The van der Waals surface area contributed by atoms with Crippen LogP contribution in [0, 0.1) is 0 Å². The first kappa shape index (κ1) is 18.8. The summed E-state index contributed by atoms with van der Waals surface area (Å²) in [6.45, 7) is 2.43. The van der Waals surface area contributed by atoms with Gasteiger partial charge in [0.25, 0.3) is 0 Å². The molecule has 0 aliphatic carbocycles. The largest absolute Gasteiger partial charge is 0.497 e. The van der Waals surface area contributed by atoms with E-state index in [4.69, 9.17) is 21.1 Å². The van der Waals surface area contributed by atoms with Gasteiger partial charge in [0.15, 0.2) is 11.5 Å². The molecule has 0 saturated heterocycles. The van der Waals surface area contributed by atoms with Crippen LogP contribution in [0.2, 0.25) is 0 Å². The van der Waals surface area contributed by atoms with Gasteiger partial charge in [-0.3, -0.25) is 0 Å². The van der Waals surface area contributed by atoms with Crippen LogP contribution in [0.15, 0.2) is 72.7 Å². The molecular formula is C27H34ClNO3. The molecule has 3 aromatic rings. The highest BCUT2D eigenvalue weighted by Gasteiger charge is 2.25. The third-order valence-corrected chi connectivity index (χ3v) is 5.50. The van der Waals surface area contributed by atoms with Crippen LogP contribution in [0.4, 0.5) is 0 Å². The molecule has 0 radical (unpaired) electrons. The molecule has 0 bridgehead atoms.